The summed E-state index contributed by atoms with van der Waals surface area (Å²) in [6, 6.07) is 9.90. The van der Waals surface area contributed by atoms with Gasteiger partial charge in [-0.2, -0.15) is 0 Å². The zero-order chi connectivity index (χ0) is 13.7. The first-order chi connectivity index (χ1) is 9.22. The molecule has 102 valence electrons. The molecule has 1 aromatic carbocycles. The first-order valence-electron chi connectivity index (χ1n) is 6.65. The summed E-state index contributed by atoms with van der Waals surface area (Å²) in [5, 5.41) is 2.86. The molecule has 1 fully saturated rings. The van der Waals surface area contributed by atoms with Gasteiger partial charge in [0.1, 0.15) is 0 Å². The van der Waals surface area contributed by atoms with E-state index >= 15 is 0 Å². The van der Waals surface area contributed by atoms with Crippen LogP contribution in [-0.4, -0.2) is 30.9 Å². The van der Waals surface area contributed by atoms with Gasteiger partial charge >= 0.3 is 0 Å². The van der Waals surface area contributed by atoms with Crippen LogP contribution in [-0.2, 0) is 14.3 Å². The van der Waals surface area contributed by atoms with Gasteiger partial charge in [0.15, 0.2) is 12.1 Å². The zero-order valence-electron chi connectivity index (χ0n) is 11.1. The Bertz CT molecular complexity index is 438. The van der Waals surface area contributed by atoms with E-state index in [2.05, 4.69) is 5.32 Å². The maximum Gasteiger partial charge on any atom is 0.235 e. The summed E-state index contributed by atoms with van der Waals surface area (Å²) in [5.74, 6) is -0.0628. The lowest BCUT2D eigenvalue weighted by Gasteiger charge is -2.23. The maximum atomic E-state index is 12.3. The molecule has 0 saturated carbocycles. The number of ketones is 1. The Labute approximate surface area is 113 Å². The third-order valence-electron chi connectivity index (χ3n) is 3.60. The van der Waals surface area contributed by atoms with E-state index in [1.165, 1.54) is 0 Å². The fourth-order valence-corrected chi connectivity index (χ4v) is 2.42. The SMILES string of the molecule is CCC(CC(=O)C1(C=O)NCCO1)c1ccccc1. The van der Waals surface area contributed by atoms with Gasteiger partial charge in [0.2, 0.25) is 5.72 Å². The number of Topliss-reactive ketones (excluding diaryl/α,β-unsaturated/α-hetero) is 1. The van der Waals surface area contributed by atoms with Gasteiger partial charge < -0.3 is 4.74 Å². The topological polar surface area (TPSA) is 55.4 Å². The monoisotopic (exact) mass is 261 g/mol. The first-order valence-corrected chi connectivity index (χ1v) is 6.65. The Kier molecular flexibility index (Phi) is 4.45. The van der Waals surface area contributed by atoms with Gasteiger partial charge in [0.25, 0.3) is 0 Å². The van der Waals surface area contributed by atoms with Gasteiger partial charge in [-0.05, 0) is 17.9 Å². The van der Waals surface area contributed by atoms with Crippen LogP contribution in [0.1, 0.15) is 31.2 Å². The predicted molar refractivity (Wildman–Crippen MR) is 71.8 cm³/mol. The van der Waals surface area contributed by atoms with Crippen molar-refractivity contribution in [2.24, 2.45) is 0 Å². The van der Waals surface area contributed by atoms with Crippen molar-refractivity contribution >= 4 is 12.1 Å². The molecule has 0 aromatic heterocycles. The van der Waals surface area contributed by atoms with E-state index in [1.807, 2.05) is 37.3 Å². The van der Waals surface area contributed by atoms with Gasteiger partial charge in [-0.15, -0.1) is 0 Å². The smallest absolute Gasteiger partial charge is 0.235 e. The van der Waals surface area contributed by atoms with Crippen molar-refractivity contribution in [2.45, 2.75) is 31.4 Å². The van der Waals surface area contributed by atoms with Crippen LogP contribution in [0.2, 0.25) is 0 Å². The molecule has 4 nitrogen and oxygen atoms in total. The van der Waals surface area contributed by atoms with E-state index in [9.17, 15) is 9.59 Å². The molecular formula is C15H19NO3. The minimum absolute atomic E-state index is 0.122. The fourth-order valence-electron chi connectivity index (χ4n) is 2.42. The number of aldehydes is 1. The van der Waals surface area contributed by atoms with Crippen molar-refractivity contribution in [3.8, 4) is 0 Å². The molecule has 1 saturated heterocycles. The van der Waals surface area contributed by atoms with Crippen molar-refractivity contribution in [1.82, 2.24) is 5.32 Å². The molecule has 1 heterocycles. The maximum absolute atomic E-state index is 12.3. The van der Waals surface area contributed by atoms with Crippen LogP contribution in [0.3, 0.4) is 0 Å². The highest BCUT2D eigenvalue weighted by Gasteiger charge is 2.42. The van der Waals surface area contributed by atoms with Crippen molar-refractivity contribution in [1.29, 1.82) is 0 Å². The van der Waals surface area contributed by atoms with Crippen molar-refractivity contribution < 1.29 is 14.3 Å². The predicted octanol–water partition coefficient (Wildman–Crippen LogP) is 1.65. The molecule has 1 aromatic rings. The zero-order valence-corrected chi connectivity index (χ0v) is 11.1. The first kappa shape index (κ1) is 13.9. The van der Waals surface area contributed by atoms with Crippen LogP contribution in [0.5, 0.6) is 0 Å². The summed E-state index contributed by atoms with van der Waals surface area (Å²) in [5.41, 5.74) is -0.292. The van der Waals surface area contributed by atoms with E-state index in [4.69, 9.17) is 4.74 Å². The highest BCUT2D eigenvalue weighted by molar-refractivity contribution is 6.01. The van der Waals surface area contributed by atoms with Gasteiger partial charge in [0.05, 0.1) is 6.61 Å². The molecule has 2 unspecified atom stereocenters. The Morgan fingerprint density at radius 2 is 2.21 bits per heavy atom. The molecule has 0 radical (unpaired) electrons. The van der Waals surface area contributed by atoms with Crippen LogP contribution < -0.4 is 5.32 Å². The highest BCUT2D eigenvalue weighted by Crippen LogP contribution is 2.26. The van der Waals surface area contributed by atoms with Crippen molar-refractivity contribution in [3.05, 3.63) is 35.9 Å². The second-order valence-corrected chi connectivity index (χ2v) is 4.77. The van der Waals surface area contributed by atoms with E-state index in [0.717, 1.165) is 12.0 Å². The van der Waals surface area contributed by atoms with E-state index in [1.54, 1.807) is 0 Å². The number of hydrogen-bond donors (Lipinski definition) is 1. The molecule has 1 aliphatic rings. The molecule has 19 heavy (non-hydrogen) atoms. The van der Waals surface area contributed by atoms with Crippen molar-refractivity contribution in [2.75, 3.05) is 13.2 Å². The molecule has 0 amide bonds. The quantitative estimate of drug-likeness (QED) is 0.625. The number of rotatable bonds is 6. The number of ether oxygens (including phenoxy) is 1. The molecule has 2 atom stereocenters. The third-order valence-corrected chi connectivity index (χ3v) is 3.60. The summed E-state index contributed by atoms with van der Waals surface area (Å²) in [6.07, 6.45) is 1.75. The van der Waals surface area contributed by atoms with Gasteiger partial charge in [0, 0.05) is 13.0 Å². The lowest BCUT2D eigenvalue weighted by Crippen LogP contribution is -2.50. The number of carbonyl (C=O) groups excluding carboxylic acids is 2. The average molecular weight is 261 g/mol. The third kappa shape index (κ3) is 2.91. The fraction of sp³-hybridized carbons (Fsp3) is 0.467. The summed E-state index contributed by atoms with van der Waals surface area (Å²) >= 11 is 0. The van der Waals surface area contributed by atoms with Crippen LogP contribution in [0.25, 0.3) is 0 Å². The van der Waals surface area contributed by atoms with Gasteiger partial charge in [-0.3, -0.25) is 14.9 Å². The largest absolute Gasteiger partial charge is 0.346 e. The molecule has 2 rings (SSSR count). The van der Waals surface area contributed by atoms with E-state index < -0.39 is 5.72 Å². The Hall–Kier alpha value is -1.52. The van der Waals surface area contributed by atoms with Gasteiger partial charge in [-0.25, -0.2) is 0 Å². The number of nitrogens with one attached hydrogen (secondary N) is 1. The van der Waals surface area contributed by atoms with Crippen LogP contribution in [0, 0.1) is 0 Å². The van der Waals surface area contributed by atoms with Crippen LogP contribution in [0.4, 0.5) is 0 Å². The summed E-state index contributed by atoms with van der Waals surface area (Å²) < 4.78 is 5.30. The second-order valence-electron chi connectivity index (χ2n) is 4.77. The molecule has 1 N–H and O–H groups in total. The molecular weight excluding hydrogens is 242 g/mol. The Balaban J connectivity index is 2.10. The molecule has 0 spiro atoms. The lowest BCUT2D eigenvalue weighted by atomic mass is 9.89. The number of hydrogen-bond acceptors (Lipinski definition) is 4. The lowest BCUT2D eigenvalue weighted by molar-refractivity contribution is -0.147. The second kappa shape index (κ2) is 6.08. The normalized spacial score (nSPS) is 24.1. The summed E-state index contributed by atoms with van der Waals surface area (Å²) in [7, 11) is 0. The molecule has 0 aliphatic carbocycles. The van der Waals surface area contributed by atoms with Gasteiger partial charge in [-0.1, -0.05) is 37.3 Å². The summed E-state index contributed by atoms with van der Waals surface area (Å²) in [6.45, 7) is 2.97. The minimum atomic E-state index is -1.41. The standard InChI is InChI=1S/C15H19NO3/c1-2-12(13-6-4-3-5-7-13)10-14(18)15(11-17)16-8-9-19-15/h3-7,11-12,16H,2,8-10H2,1H3. The van der Waals surface area contributed by atoms with Crippen molar-refractivity contribution in [3.63, 3.8) is 0 Å². The van der Waals surface area contributed by atoms with E-state index in [-0.39, 0.29) is 11.7 Å². The number of benzene rings is 1. The Morgan fingerprint density at radius 1 is 1.47 bits per heavy atom. The average Bonchev–Trinajstić information content (AvgIpc) is 2.95. The summed E-state index contributed by atoms with van der Waals surface area (Å²) in [4.78, 5) is 23.5. The van der Waals surface area contributed by atoms with Crippen LogP contribution >= 0.6 is 0 Å². The molecule has 0 bridgehead atoms. The molecule has 1 aliphatic heterocycles. The molecule has 4 heteroatoms. The highest BCUT2D eigenvalue weighted by atomic mass is 16.5. The minimum Gasteiger partial charge on any atom is -0.346 e. The Morgan fingerprint density at radius 3 is 2.74 bits per heavy atom. The van der Waals surface area contributed by atoms with Crippen LogP contribution in [0.15, 0.2) is 30.3 Å². The number of carbonyl (C=O) groups is 2. The van der Waals surface area contributed by atoms with E-state index in [0.29, 0.717) is 25.9 Å².